The molecule has 33 heavy (non-hydrogen) atoms. The summed E-state index contributed by atoms with van der Waals surface area (Å²) < 4.78 is 42.6. The summed E-state index contributed by atoms with van der Waals surface area (Å²) in [5, 5.41) is 2.82. The molecule has 9 heteroatoms. The third-order valence-electron chi connectivity index (χ3n) is 6.40. The molecule has 0 spiro atoms. The molecule has 4 rings (SSSR count). The number of aryl methyl sites for hydroxylation is 1. The minimum absolute atomic E-state index is 0.0131. The van der Waals surface area contributed by atoms with Gasteiger partial charge in [0.1, 0.15) is 0 Å². The summed E-state index contributed by atoms with van der Waals surface area (Å²) >= 11 is 5.99. The van der Waals surface area contributed by atoms with E-state index in [9.17, 15) is 22.8 Å². The fourth-order valence-corrected chi connectivity index (χ4v) is 4.84. The molecule has 1 heterocycles. The van der Waals surface area contributed by atoms with E-state index in [1.807, 2.05) is 35.8 Å². The van der Waals surface area contributed by atoms with Gasteiger partial charge in [0, 0.05) is 19.1 Å². The number of carbonyl (C=O) groups is 1. The highest BCUT2D eigenvalue weighted by Crippen LogP contribution is 2.32. The van der Waals surface area contributed by atoms with Crippen LogP contribution in [0.4, 0.5) is 13.2 Å². The number of amides is 1. The maximum atomic E-state index is 13.0. The second kappa shape index (κ2) is 9.25. The number of benzene rings is 2. The van der Waals surface area contributed by atoms with Crippen molar-refractivity contribution in [3.8, 4) is 0 Å². The Labute approximate surface area is 194 Å². The standard InChI is InChI=1S/C24H25ClF3N3O2/c1-2-30-20-5-3-4-6-21(20)31(23(30)33)14-15-7-10-17(11-8-15)29-22(32)18-13-16(24(26,27)28)9-12-19(18)25/h3-6,9,12-13,15,17H,2,7-8,10-11,14H2,1H3,(H,29,32)/t15-,17-. The molecule has 2 aromatic carbocycles. The van der Waals surface area contributed by atoms with Gasteiger partial charge in [-0.05, 0) is 68.9 Å². The first-order chi connectivity index (χ1) is 15.7. The maximum absolute atomic E-state index is 13.0. The molecule has 1 aromatic heterocycles. The number of fused-ring (bicyclic) bond motifs is 1. The molecular weight excluding hydrogens is 455 g/mol. The lowest BCUT2D eigenvalue weighted by Gasteiger charge is -2.29. The first-order valence-electron chi connectivity index (χ1n) is 11.0. The Hall–Kier alpha value is -2.74. The number of hydrogen-bond donors (Lipinski definition) is 1. The monoisotopic (exact) mass is 479 g/mol. The molecule has 0 aliphatic heterocycles. The van der Waals surface area contributed by atoms with E-state index in [0.717, 1.165) is 42.1 Å². The fourth-order valence-electron chi connectivity index (χ4n) is 4.64. The minimum Gasteiger partial charge on any atom is -0.349 e. The van der Waals surface area contributed by atoms with Crippen LogP contribution in [0.5, 0.6) is 0 Å². The Balaban J connectivity index is 1.41. The summed E-state index contributed by atoms with van der Waals surface area (Å²) in [6, 6.07) is 10.3. The van der Waals surface area contributed by atoms with E-state index in [4.69, 9.17) is 11.6 Å². The lowest BCUT2D eigenvalue weighted by Crippen LogP contribution is -2.38. The average Bonchev–Trinajstić information content (AvgIpc) is 3.05. The highest BCUT2D eigenvalue weighted by atomic mass is 35.5. The van der Waals surface area contributed by atoms with E-state index in [1.54, 1.807) is 4.57 Å². The normalized spacial score (nSPS) is 19.1. The van der Waals surface area contributed by atoms with E-state index in [0.29, 0.717) is 25.9 Å². The maximum Gasteiger partial charge on any atom is 0.416 e. The van der Waals surface area contributed by atoms with Crippen molar-refractivity contribution >= 4 is 28.5 Å². The molecule has 1 fully saturated rings. The minimum atomic E-state index is -4.54. The van der Waals surface area contributed by atoms with Crippen LogP contribution in [-0.2, 0) is 19.3 Å². The number of nitrogens with one attached hydrogen (secondary N) is 1. The Morgan fingerprint density at radius 1 is 1.06 bits per heavy atom. The second-order valence-electron chi connectivity index (χ2n) is 8.51. The molecular formula is C24H25ClF3N3O2. The Morgan fingerprint density at radius 3 is 2.30 bits per heavy atom. The number of hydrogen-bond acceptors (Lipinski definition) is 2. The smallest absolute Gasteiger partial charge is 0.349 e. The number of carbonyl (C=O) groups excluding carboxylic acids is 1. The molecule has 1 saturated carbocycles. The summed E-state index contributed by atoms with van der Waals surface area (Å²) in [5.41, 5.74) is 0.737. The van der Waals surface area contributed by atoms with Crippen molar-refractivity contribution in [2.24, 2.45) is 5.92 Å². The van der Waals surface area contributed by atoms with Crippen LogP contribution in [0.15, 0.2) is 47.3 Å². The van der Waals surface area contributed by atoms with Gasteiger partial charge in [-0.2, -0.15) is 13.2 Å². The molecule has 0 bridgehead atoms. The summed E-state index contributed by atoms with van der Waals surface area (Å²) in [7, 11) is 0. The van der Waals surface area contributed by atoms with Crippen LogP contribution in [0.3, 0.4) is 0 Å². The molecule has 1 N–H and O–H groups in total. The van der Waals surface area contributed by atoms with Crippen molar-refractivity contribution in [2.45, 2.75) is 57.9 Å². The van der Waals surface area contributed by atoms with Gasteiger partial charge in [-0.25, -0.2) is 4.79 Å². The number of para-hydroxylation sites is 2. The molecule has 5 nitrogen and oxygen atoms in total. The van der Waals surface area contributed by atoms with Crippen molar-refractivity contribution in [3.63, 3.8) is 0 Å². The lowest BCUT2D eigenvalue weighted by atomic mass is 9.85. The van der Waals surface area contributed by atoms with Crippen LogP contribution >= 0.6 is 11.6 Å². The van der Waals surface area contributed by atoms with Gasteiger partial charge in [0.05, 0.1) is 27.2 Å². The largest absolute Gasteiger partial charge is 0.416 e. The first kappa shape index (κ1) is 23.4. The number of imidazole rings is 1. The predicted octanol–water partition coefficient (Wildman–Crippen LogP) is 5.48. The third-order valence-corrected chi connectivity index (χ3v) is 6.73. The van der Waals surface area contributed by atoms with Gasteiger partial charge in [-0.1, -0.05) is 23.7 Å². The Bertz CT molecular complexity index is 1220. The van der Waals surface area contributed by atoms with Crippen molar-refractivity contribution in [3.05, 3.63) is 69.1 Å². The van der Waals surface area contributed by atoms with Gasteiger partial charge in [-0.3, -0.25) is 13.9 Å². The van der Waals surface area contributed by atoms with Gasteiger partial charge in [0.2, 0.25) is 0 Å². The van der Waals surface area contributed by atoms with Crippen molar-refractivity contribution in [2.75, 3.05) is 0 Å². The Kier molecular flexibility index (Phi) is 6.56. The van der Waals surface area contributed by atoms with Gasteiger partial charge < -0.3 is 5.32 Å². The first-order valence-corrected chi connectivity index (χ1v) is 11.4. The van der Waals surface area contributed by atoms with Crippen LogP contribution in [0.2, 0.25) is 5.02 Å². The zero-order valence-electron chi connectivity index (χ0n) is 18.2. The number of halogens is 4. The van der Waals surface area contributed by atoms with Crippen molar-refractivity contribution in [1.29, 1.82) is 0 Å². The molecule has 1 aliphatic carbocycles. The molecule has 0 radical (unpaired) electrons. The number of nitrogens with zero attached hydrogens (tertiary/aromatic N) is 2. The second-order valence-corrected chi connectivity index (χ2v) is 8.92. The van der Waals surface area contributed by atoms with Crippen LogP contribution in [-0.4, -0.2) is 21.1 Å². The van der Waals surface area contributed by atoms with E-state index in [-0.39, 0.29) is 28.2 Å². The van der Waals surface area contributed by atoms with Gasteiger partial charge in [0.15, 0.2) is 0 Å². The van der Waals surface area contributed by atoms with E-state index in [2.05, 4.69) is 5.32 Å². The van der Waals surface area contributed by atoms with Gasteiger partial charge in [0.25, 0.3) is 5.91 Å². The molecule has 1 aliphatic rings. The average molecular weight is 480 g/mol. The summed E-state index contributed by atoms with van der Waals surface area (Å²) in [5.74, 6) is -0.319. The third kappa shape index (κ3) is 4.81. The van der Waals surface area contributed by atoms with Crippen LogP contribution in [0, 0.1) is 5.92 Å². The molecule has 176 valence electrons. The van der Waals surface area contributed by atoms with Crippen molar-refractivity contribution in [1.82, 2.24) is 14.5 Å². The lowest BCUT2D eigenvalue weighted by molar-refractivity contribution is -0.137. The fraction of sp³-hybridized carbons (Fsp3) is 0.417. The Morgan fingerprint density at radius 2 is 1.70 bits per heavy atom. The van der Waals surface area contributed by atoms with Gasteiger partial charge in [-0.15, -0.1) is 0 Å². The van der Waals surface area contributed by atoms with Crippen LogP contribution in [0.25, 0.3) is 11.0 Å². The SMILES string of the molecule is CCn1c(=O)n(C[C@H]2CC[C@H](NC(=O)c3cc(C(F)(F)F)ccc3Cl)CC2)c2ccccc21. The molecule has 0 unspecified atom stereocenters. The highest BCUT2D eigenvalue weighted by molar-refractivity contribution is 6.33. The number of rotatable bonds is 5. The van der Waals surface area contributed by atoms with E-state index < -0.39 is 17.6 Å². The summed E-state index contributed by atoms with van der Waals surface area (Å²) in [6.45, 7) is 3.15. The summed E-state index contributed by atoms with van der Waals surface area (Å²) in [4.78, 5) is 25.5. The summed E-state index contributed by atoms with van der Waals surface area (Å²) in [6.07, 6.45) is -1.56. The molecule has 0 atom stereocenters. The molecule has 0 saturated heterocycles. The van der Waals surface area contributed by atoms with E-state index >= 15 is 0 Å². The van der Waals surface area contributed by atoms with Crippen molar-refractivity contribution < 1.29 is 18.0 Å². The zero-order valence-corrected chi connectivity index (χ0v) is 18.9. The van der Waals surface area contributed by atoms with Crippen LogP contribution in [0.1, 0.15) is 48.5 Å². The van der Waals surface area contributed by atoms with E-state index in [1.165, 1.54) is 0 Å². The molecule has 3 aromatic rings. The van der Waals surface area contributed by atoms with Crippen LogP contribution < -0.4 is 11.0 Å². The quantitative estimate of drug-likeness (QED) is 0.526. The highest BCUT2D eigenvalue weighted by Gasteiger charge is 2.32. The topological polar surface area (TPSA) is 56.0 Å². The van der Waals surface area contributed by atoms with Gasteiger partial charge >= 0.3 is 11.9 Å². The zero-order chi connectivity index (χ0) is 23.8. The number of aromatic nitrogens is 2. The molecule has 1 amide bonds. The number of alkyl halides is 3. The predicted molar refractivity (Wildman–Crippen MR) is 122 cm³/mol.